The zero-order valence-electron chi connectivity index (χ0n) is 12.1. The Morgan fingerprint density at radius 1 is 1.30 bits per heavy atom. The second-order valence-corrected chi connectivity index (χ2v) is 5.85. The third kappa shape index (κ3) is 2.62. The number of benzene rings is 1. The van der Waals surface area contributed by atoms with E-state index in [2.05, 4.69) is 24.2 Å². The molecule has 0 aliphatic heterocycles. The maximum atomic E-state index is 12.3. The van der Waals surface area contributed by atoms with Gasteiger partial charge in [0.05, 0.1) is 17.6 Å². The SMILES string of the molecule is CCn1nc(CC(=O)CC2CCCC2)c2ccccc21. The molecule has 0 radical (unpaired) electrons. The number of para-hydroxylation sites is 1. The van der Waals surface area contributed by atoms with Crippen molar-refractivity contribution >= 4 is 16.7 Å². The van der Waals surface area contributed by atoms with Crippen molar-refractivity contribution in [3.63, 3.8) is 0 Å². The van der Waals surface area contributed by atoms with Crippen molar-refractivity contribution in [3.8, 4) is 0 Å². The van der Waals surface area contributed by atoms with Gasteiger partial charge in [-0.25, -0.2) is 0 Å². The molecule has 1 aliphatic rings. The lowest BCUT2D eigenvalue weighted by Crippen LogP contribution is -2.09. The molecule has 0 unspecified atom stereocenters. The first-order chi connectivity index (χ1) is 9.78. The van der Waals surface area contributed by atoms with E-state index >= 15 is 0 Å². The molecule has 0 atom stereocenters. The molecular formula is C17H22N2O. The van der Waals surface area contributed by atoms with E-state index < -0.39 is 0 Å². The fourth-order valence-corrected chi connectivity index (χ4v) is 3.36. The minimum absolute atomic E-state index is 0.350. The fraction of sp³-hybridized carbons (Fsp3) is 0.529. The van der Waals surface area contributed by atoms with Crippen LogP contribution in [0.15, 0.2) is 24.3 Å². The summed E-state index contributed by atoms with van der Waals surface area (Å²) in [6.45, 7) is 2.93. The summed E-state index contributed by atoms with van der Waals surface area (Å²) < 4.78 is 1.99. The van der Waals surface area contributed by atoms with Gasteiger partial charge in [-0.15, -0.1) is 0 Å². The Labute approximate surface area is 120 Å². The van der Waals surface area contributed by atoms with Gasteiger partial charge in [0.15, 0.2) is 0 Å². The van der Waals surface area contributed by atoms with Gasteiger partial charge in [0, 0.05) is 18.4 Å². The van der Waals surface area contributed by atoms with Gasteiger partial charge in [-0.2, -0.15) is 5.10 Å². The van der Waals surface area contributed by atoms with Crippen LogP contribution in [-0.2, 0) is 17.8 Å². The molecule has 1 fully saturated rings. The molecule has 0 amide bonds. The van der Waals surface area contributed by atoms with E-state index in [1.165, 1.54) is 25.7 Å². The molecular weight excluding hydrogens is 248 g/mol. The highest BCUT2D eigenvalue weighted by Gasteiger charge is 2.20. The molecule has 1 heterocycles. The molecule has 106 valence electrons. The number of aryl methyl sites for hydroxylation is 1. The quantitative estimate of drug-likeness (QED) is 0.829. The first-order valence-electron chi connectivity index (χ1n) is 7.74. The lowest BCUT2D eigenvalue weighted by Gasteiger charge is -2.06. The number of hydrogen-bond donors (Lipinski definition) is 0. The molecule has 2 aromatic rings. The fourth-order valence-electron chi connectivity index (χ4n) is 3.36. The Balaban J connectivity index is 1.78. The minimum atomic E-state index is 0.350. The molecule has 3 heteroatoms. The van der Waals surface area contributed by atoms with E-state index in [1.54, 1.807) is 0 Å². The standard InChI is InChI=1S/C17H22N2O/c1-2-19-17-10-6-5-9-15(17)16(18-19)12-14(20)11-13-7-3-4-8-13/h5-6,9-10,13H,2-4,7-8,11-12H2,1H3. The van der Waals surface area contributed by atoms with Crippen LogP contribution < -0.4 is 0 Å². The van der Waals surface area contributed by atoms with Crippen LogP contribution in [0.4, 0.5) is 0 Å². The Morgan fingerprint density at radius 2 is 2.05 bits per heavy atom. The van der Waals surface area contributed by atoms with Crippen molar-refractivity contribution in [2.24, 2.45) is 5.92 Å². The van der Waals surface area contributed by atoms with Gasteiger partial charge in [-0.05, 0) is 18.9 Å². The second-order valence-electron chi connectivity index (χ2n) is 5.85. The van der Waals surface area contributed by atoms with Crippen LogP contribution in [-0.4, -0.2) is 15.6 Å². The number of hydrogen-bond acceptors (Lipinski definition) is 2. The monoisotopic (exact) mass is 270 g/mol. The lowest BCUT2D eigenvalue weighted by atomic mass is 9.98. The first kappa shape index (κ1) is 13.3. The number of aromatic nitrogens is 2. The van der Waals surface area contributed by atoms with E-state index in [1.807, 2.05) is 16.8 Å². The van der Waals surface area contributed by atoms with Crippen LogP contribution >= 0.6 is 0 Å². The van der Waals surface area contributed by atoms with Crippen LogP contribution in [0.25, 0.3) is 10.9 Å². The van der Waals surface area contributed by atoms with Gasteiger partial charge >= 0.3 is 0 Å². The van der Waals surface area contributed by atoms with Crippen LogP contribution in [0, 0.1) is 5.92 Å². The Hall–Kier alpha value is -1.64. The van der Waals surface area contributed by atoms with E-state index in [0.29, 0.717) is 18.1 Å². The number of carbonyl (C=O) groups is 1. The molecule has 0 saturated heterocycles. The first-order valence-corrected chi connectivity index (χ1v) is 7.74. The number of carbonyl (C=O) groups excluding carboxylic acids is 1. The summed E-state index contributed by atoms with van der Waals surface area (Å²) in [5.74, 6) is 0.977. The van der Waals surface area contributed by atoms with Gasteiger partial charge in [0.1, 0.15) is 5.78 Å². The summed E-state index contributed by atoms with van der Waals surface area (Å²) in [6, 6.07) is 8.21. The van der Waals surface area contributed by atoms with E-state index in [0.717, 1.165) is 29.6 Å². The van der Waals surface area contributed by atoms with Crippen LogP contribution in [0.1, 0.15) is 44.7 Å². The average Bonchev–Trinajstić information content (AvgIpc) is 3.07. The second kappa shape index (κ2) is 5.78. The predicted molar refractivity (Wildman–Crippen MR) is 80.7 cm³/mol. The van der Waals surface area contributed by atoms with Gasteiger partial charge < -0.3 is 0 Å². The maximum Gasteiger partial charge on any atom is 0.139 e. The average molecular weight is 270 g/mol. The summed E-state index contributed by atoms with van der Waals surface area (Å²) in [4.78, 5) is 12.3. The highest BCUT2D eigenvalue weighted by molar-refractivity contribution is 5.88. The predicted octanol–water partition coefficient (Wildman–Crippen LogP) is 3.75. The lowest BCUT2D eigenvalue weighted by molar-refractivity contribution is -0.119. The molecule has 0 bridgehead atoms. The highest BCUT2D eigenvalue weighted by Crippen LogP contribution is 2.28. The van der Waals surface area contributed by atoms with Gasteiger partial charge in [0.2, 0.25) is 0 Å². The number of rotatable bonds is 5. The molecule has 1 aromatic heterocycles. The van der Waals surface area contributed by atoms with E-state index in [-0.39, 0.29) is 0 Å². The number of ketones is 1. The van der Waals surface area contributed by atoms with Gasteiger partial charge in [-0.1, -0.05) is 43.9 Å². The van der Waals surface area contributed by atoms with Crippen LogP contribution in [0.5, 0.6) is 0 Å². The summed E-state index contributed by atoms with van der Waals surface area (Å²) in [7, 11) is 0. The highest BCUT2D eigenvalue weighted by atomic mass is 16.1. The maximum absolute atomic E-state index is 12.3. The third-order valence-corrected chi connectivity index (χ3v) is 4.39. The van der Waals surface area contributed by atoms with Crippen molar-refractivity contribution in [3.05, 3.63) is 30.0 Å². The van der Waals surface area contributed by atoms with E-state index in [9.17, 15) is 4.79 Å². The van der Waals surface area contributed by atoms with Gasteiger partial charge in [-0.3, -0.25) is 9.48 Å². The van der Waals surface area contributed by atoms with Crippen molar-refractivity contribution < 1.29 is 4.79 Å². The molecule has 3 rings (SSSR count). The van der Waals surface area contributed by atoms with Crippen molar-refractivity contribution in [2.75, 3.05) is 0 Å². The van der Waals surface area contributed by atoms with E-state index in [4.69, 9.17) is 0 Å². The molecule has 0 N–H and O–H groups in total. The summed E-state index contributed by atoms with van der Waals surface area (Å²) in [5.41, 5.74) is 2.09. The summed E-state index contributed by atoms with van der Waals surface area (Å²) in [5, 5.41) is 5.75. The van der Waals surface area contributed by atoms with Crippen molar-refractivity contribution in [2.45, 2.75) is 52.0 Å². The smallest absolute Gasteiger partial charge is 0.139 e. The third-order valence-electron chi connectivity index (χ3n) is 4.39. The minimum Gasteiger partial charge on any atom is -0.299 e. The number of fused-ring (bicyclic) bond motifs is 1. The summed E-state index contributed by atoms with van der Waals surface area (Å²) >= 11 is 0. The number of Topliss-reactive ketones (excluding diaryl/α,β-unsaturated/α-hetero) is 1. The largest absolute Gasteiger partial charge is 0.299 e. The molecule has 20 heavy (non-hydrogen) atoms. The zero-order chi connectivity index (χ0) is 13.9. The van der Waals surface area contributed by atoms with Gasteiger partial charge in [0.25, 0.3) is 0 Å². The summed E-state index contributed by atoms with van der Waals surface area (Å²) in [6.07, 6.45) is 6.29. The molecule has 1 saturated carbocycles. The molecule has 1 aromatic carbocycles. The normalized spacial score (nSPS) is 16.1. The van der Waals surface area contributed by atoms with Crippen molar-refractivity contribution in [1.82, 2.24) is 9.78 Å². The number of nitrogens with zero attached hydrogens (tertiary/aromatic N) is 2. The Morgan fingerprint density at radius 3 is 2.80 bits per heavy atom. The molecule has 1 aliphatic carbocycles. The van der Waals surface area contributed by atoms with Crippen LogP contribution in [0.2, 0.25) is 0 Å². The van der Waals surface area contributed by atoms with Crippen molar-refractivity contribution in [1.29, 1.82) is 0 Å². The van der Waals surface area contributed by atoms with Crippen LogP contribution in [0.3, 0.4) is 0 Å². The topological polar surface area (TPSA) is 34.9 Å². The Kier molecular flexibility index (Phi) is 3.86. The Bertz CT molecular complexity index is 608. The molecule has 0 spiro atoms. The zero-order valence-corrected chi connectivity index (χ0v) is 12.1. The molecule has 3 nitrogen and oxygen atoms in total.